The van der Waals surface area contributed by atoms with Crippen LogP contribution in [-0.4, -0.2) is 12.9 Å². The smallest absolute Gasteiger partial charge is 0.205 e. The third-order valence-corrected chi connectivity index (χ3v) is 6.01. The summed E-state index contributed by atoms with van der Waals surface area (Å²) in [6.07, 6.45) is 1.75. The van der Waals surface area contributed by atoms with Crippen molar-refractivity contribution in [3.05, 3.63) is 80.9 Å². The summed E-state index contributed by atoms with van der Waals surface area (Å²) in [6.45, 7) is 0.372. The summed E-state index contributed by atoms with van der Waals surface area (Å²) >= 11 is 3.57. The maximum atomic E-state index is 12.8. The van der Waals surface area contributed by atoms with Crippen LogP contribution in [0.4, 0.5) is 0 Å². The Morgan fingerprint density at radius 3 is 2.74 bits per heavy atom. The van der Waals surface area contributed by atoms with Gasteiger partial charge in [-0.05, 0) is 45.6 Å². The molecule has 158 valence electrons. The zero-order valence-electron chi connectivity index (χ0n) is 17.0. The Labute approximate surface area is 189 Å². The Hall–Kier alpha value is -3.24. The van der Waals surface area contributed by atoms with Crippen LogP contribution in [0.2, 0.25) is 0 Å². The molecule has 0 saturated heterocycles. The molecule has 0 aromatic heterocycles. The predicted octanol–water partition coefficient (Wildman–Crippen LogP) is 4.85. The number of methoxy groups -OCH3 is 1. The lowest BCUT2D eigenvalue weighted by atomic mass is 9.77. The van der Waals surface area contributed by atoms with E-state index >= 15 is 0 Å². The molecule has 2 aromatic rings. The number of ether oxygens (including phenoxy) is 3. The number of hydrogen-bond acceptors (Lipinski definition) is 6. The molecule has 0 bridgehead atoms. The Bertz CT molecular complexity index is 1130. The molecular weight excluding hydrogens is 460 g/mol. The van der Waals surface area contributed by atoms with E-state index in [1.807, 2.05) is 36.4 Å². The van der Waals surface area contributed by atoms with E-state index in [9.17, 15) is 10.1 Å². The molecule has 1 heterocycles. The highest BCUT2D eigenvalue weighted by atomic mass is 79.9. The van der Waals surface area contributed by atoms with Crippen LogP contribution in [0, 0.1) is 11.3 Å². The van der Waals surface area contributed by atoms with Gasteiger partial charge in [0.2, 0.25) is 5.88 Å². The van der Waals surface area contributed by atoms with Gasteiger partial charge in [0.1, 0.15) is 24.0 Å². The minimum Gasteiger partial charge on any atom is -0.493 e. The maximum absolute atomic E-state index is 12.8. The lowest BCUT2D eigenvalue weighted by Gasteiger charge is -2.31. The lowest BCUT2D eigenvalue weighted by molar-refractivity contribution is -0.116. The summed E-state index contributed by atoms with van der Waals surface area (Å²) in [5.41, 5.74) is 8.50. The molecule has 6 nitrogen and oxygen atoms in total. The lowest BCUT2D eigenvalue weighted by Crippen LogP contribution is -2.27. The fourth-order valence-corrected chi connectivity index (χ4v) is 4.54. The summed E-state index contributed by atoms with van der Waals surface area (Å²) in [4.78, 5) is 12.8. The number of carbonyl (C=O) groups is 1. The number of rotatable bonds is 5. The molecule has 0 amide bonds. The topological polar surface area (TPSA) is 94.6 Å². The largest absolute Gasteiger partial charge is 0.493 e. The van der Waals surface area contributed by atoms with E-state index in [1.54, 1.807) is 13.2 Å². The molecule has 0 spiro atoms. The van der Waals surface area contributed by atoms with Crippen molar-refractivity contribution in [2.45, 2.75) is 31.8 Å². The first-order valence-corrected chi connectivity index (χ1v) is 10.7. The Morgan fingerprint density at radius 2 is 2.03 bits per heavy atom. The summed E-state index contributed by atoms with van der Waals surface area (Å²) in [5.74, 6) is 1.01. The fraction of sp³-hybridized carbons (Fsp3) is 0.250. The van der Waals surface area contributed by atoms with Crippen LogP contribution in [0.3, 0.4) is 0 Å². The number of allylic oxidation sites excluding steroid dienone is 3. The van der Waals surface area contributed by atoms with Crippen LogP contribution >= 0.6 is 15.9 Å². The molecule has 0 fully saturated rings. The first-order chi connectivity index (χ1) is 15.0. The molecule has 0 unspecified atom stereocenters. The third-order valence-electron chi connectivity index (χ3n) is 5.42. The second kappa shape index (κ2) is 8.86. The Balaban J connectivity index is 1.75. The summed E-state index contributed by atoms with van der Waals surface area (Å²) in [7, 11) is 1.55. The molecule has 2 aromatic carbocycles. The standard InChI is InChI=1S/C24H21BrN2O4/c1-29-20-11-15(10-17(25)23(20)30-13-14-6-3-2-4-7-14)21-16(12-26)24(27)31-19-9-5-8-18(28)22(19)21/h2-4,6-7,10-11,21H,5,8-9,13,27H2,1H3/t21-/m1/s1. The molecule has 7 heteroatoms. The molecule has 31 heavy (non-hydrogen) atoms. The number of nitrogens with two attached hydrogens (primary N) is 1. The first kappa shape index (κ1) is 21.0. The van der Waals surface area contributed by atoms with Gasteiger partial charge >= 0.3 is 0 Å². The van der Waals surface area contributed by atoms with Crippen LogP contribution in [0.5, 0.6) is 11.5 Å². The van der Waals surface area contributed by atoms with E-state index in [0.29, 0.717) is 58.7 Å². The first-order valence-electron chi connectivity index (χ1n) is 9.91. The molecule has 0 saturated carbocycles. The van der Waals surface area contributed by atoms with E-state index < -0.39 is 5.92 Å². The monoisotopic (exact) mass is 480 g/mol. The molecule has 2 N–H and O–H groups in total. The normalized spacial score (nSPS) is 18.2. The van der Waals surface area contributed by atoms with Crippen molar-refractivity contribution < 1.29 is 19.0 Å². The second-order valence-corrected chi connectivity index (χ2v) is 8.20. The summed E-state index contributed by atoms with van der Waals surface area (Å²) in [5, 5.41) is 9.76. The van der Waals surface area contributed by atoms with Crippen LogP contribution < -0.4 is 15.2 Å². The number of ketones is 1. The Morgan fingerprint density at radius 1 is 1.26 bits per heavy atom. The molecule has 0 radical (unpaired) electrons. The predicted molar refractivity (Wildman–Crippen MR) is 118 cm³/mol. The average molecular weight is 481 g/mol. The fourth-order valence-electron chi connectivity index (χ4n) is 3.97. The number of carbonyl (C=O) groups excluding carboxylic acids is 1. The van der Waals surface area contributed by atoms with Gasteiger partial charge in [-0.1, -0.05) is 30.3 Å². The number of benzene rings is 2. The summed E-state index contributed by atoms with van der Waals surface area (Å²) < 4.78 is 17.9. The van der Waals surface area contributed by atoms with Crippen molar-refractivity contribution in [1.29, 1.82) is 5.26 Å². The molecule has 4 rings (SSSR count). The minimum absolute atomic E-state index is 0.0222. The van der Waals surface area contributed by atoms with Gasteiger partial charge in [-0.3, -0.25) is 4.79 Å². The van der Waals surface area contributed by atoms with Crippen molar-refractivity contribution in [3.63, 3.8) is 0 Å². The molecule has 2 aliphatic rings. The van der Waals surface area contributed by atoms with Crippen molar-refractivity contribution >= 4 is 21.7 Å². The number of nitrogens with zero attached hydrogens (tertiary/aromatic N) is 1. The van der Waals surface area contributed by atoms with E-state index in [0.717, 1.165) is 5.56 Å². The number of hydrogen-bond donors (Lipinski definition) is 1. The zero-order chi connectivity index (χ0) is 22.0. The Kier molecular flexibility index (Phi) is 6.01. The SMILES string of the molecule is COc1cc([C@@H]2C(C#N)=C(N)OC3=C2C(=O)CCC3)cc(Br)c1OCc1ccccc1. The molecule has 1 atom stereocenters. The van der Waals surface area contributed by atoms with E-state index in [-0.39, 0.29) is 17.2 Å². The van der Waals surface area contributed by atoms with Gasteiger partial charge in [-0.15, -0.1) is 0 Å². The van der Waals surface area contributed by atoms with Crippen molar-refractivity contribution in [2.75, 3.05) is 7.11 Å². The van der Waals surface area contributed by atoms with Crippen LogP contribution in [0.1, 0.15) is 36.3 Å². The second-order valence-electron chi connectivity index (χ2n) is 7.35. The number of nitriles is 1. The van der Waals surface area contributed by atoms with E-state index in [1.165, 1.54) is 0 Å². The highest BCUT2D eigenvalue weighted by molar-refractivity contribution is 9.10. The van der Waals surface area contributed by atoms with Gasteiger partial charge in [0.15, 0.2) is 17.3 Å². The number of halogens is 1. The molecular formula is C24H21BrN2O4. The zero-order valence-corrected chi connectivity index (χ0v) is 18.6. The van der Waals surface area contributed by atoms with Crippen LogP contribution in [0.15, 0.2) is 69.7 Å². The highest BCUT2D eigenvalue weighted by Crippen LogP contribution is 2.47. The van der Waals surface area contributed by atoms with Gasteiger partial charge in [0.05, 0.1) is 17.5 Å². The van der Waals surface area contributed by atoms with Crippen molar-refractivity contribution in [3.8, 4) is 17.6 Å². The summed E-state index contributed by atoms with van der Waals surface area (Å²) in [6, 6.07) is 15.6. The van der Waals surface area contributed by atoms with Crippen LogP contribution in [0.25, 0.3) is 0 Å². The van der Waals surface area contributed by atoms with Gasteiger partial charge < -0.3 is 19.9 Å². The van der Waals surface area contributed by atoms with Gasteiger partial charge in [-0.2, -0.15) is 5.26 Å². The highest BCUT2D eigenvalue weighted by Gasteiger charge is 2.38. The van der Waals surface area contributed by atoms with Crippen molar-refractivity contribution in [1.82, 2.24) is 0 Å². The minimum atomic E-state index is -0.602. The average Bonchev–Trinajstić information content (AvgIpc) is 2.77. The number of Topliss-reactive ketones (excluding diaryl/α,β-unsaturated/α-hetero) is 1. The van der Waals surface area contributed by atoms with Gasteiger partial charge in [-0.25, -0.2) is 0 Å². The molecule has 1 aliphatic carbocycles. The van der Waals surface area contributed by atoms with E-state index in [2.05, 4.69) is 22.0 Å². The van der Waals surface area contributed by atoms with E-state index in [4.69, 9.17) is 19.9 Å². The third kappa shape index (κ3) is 4.04. The quantitative estimate of drug-likeness (QED) is 0.656. The van der Waals surface area contributed by atoms with Gasteiger partial charge in [0, 0.05) is 18.4 Å². The van der Waals surface area contributed by atoms with Gasteiger partial charge in [0.25, 0.3) is 0 Å². The van der Waals surface area contributed by atoms with Crippen LogP contribution in [-0.2, 0) is 16.1 Å². The molecule has 1 aliphatic heterocycles. The maximum Gasteiger partial charge on any atom is 0.205 e. The van der Waals surface area contributed by atoms with Crippen molar-refractivity contribution in [2.24, 2.45) is 5.73 Å².